The summed E-state index contributed by atoms with van der Waals surface area (Å²) in [6.07, 6.45) is 2.56. The molecular formula is C22H13ClN4O2. The van der Waals surface area contributed by atoms with Gasteiger partial charge in [0.05, 0.1) is 0 Å². The first-order valence-electron chi connectivity index (χ1n) is 8.35. The minimum Gasteiger partial charge on any atom is -0.507 e. The van der Waals surface area contributed by atoms with Crippen molar-refractivity contribution in [3.8, 4) is 23.6 Å². The van der Waals surface area contributed by atoms with Gasteiger partial charge in [-0.3, -0.25) is 0 Å². The maximum Gasteiger partial charge on any atom is 0.176 e. The zero-order valence-electron chi connectivity index (χ0n) is 14.9. The number of halogens is 1. The SMILES string of the molecule is N#C/C(N=Cc1ccc(Cl)cc1O)=C(\C#N)N=Cc1c(O)ccc2ccccc12. The van der Waals surface area contributed by atoms with E-state index >= 15 is 0 Å². The molecule has 0 aliphatic rings. The zero-order valence-corrected chi connectivity index (χ0v) is 15.7. The van der Waals surface area contributed by atoms with E-state index in [1.807, 2.05) is 36.4 Å². The summed E-state index contributed by atoms with van der Waals surface area (Å²) in [6, 6.07) is 18.8. The third kappa shape index (κ3) is 4.41. The van der Waals surface area contributed by atoms with Crippen molar-refractivity contribution < 1.29 is 10.2 Å². The standard InChI is InChI=1S/C22H13ClN4O2/c23-16-7-5-15(22(29)9-16)12-26-19(10-24)20(11-25)27-13-18-17-4-2-1-3-14(17)6-8-21(18)28/h1-9,12-13,28-29H/b20-19-,26-12?,27-13?. The van der Waals surface area contributed by atoms with E-state index in [9.17, 15) is 20.7 Å². The highest BCUT2D eigenvalue weighted by Crippen LogP contribution is 2.26. The van der Waals surface area contributed by atoms with E-state index in [0.29, 0.717) is 16.1 Å². The monoisotopic (exact) mass is 400 g/mol. The summed E-state index contributed by atoms with van der Waals surface area (Å²) in [5, 5.41) is 40.8. The Morgan fingerprint density at radius 1 is 0.862 bits per heavy atom. The molecule has 3 rings (SSSR count). The molecule has 140 valence electrons. The van der Waals surface area contributed by atoms with Crippen molar-refractivity contribution in [2.45, 2.75) is 0 Å². The summed E-state index contributed by atoms with van der Waals surface area (Å²) >= 11 is 5.78. The number of aromatic hydroxyl groups is 2. The van der Waals surface area contributed by atoms with E-state index < -0.39 is 0 Å². The summed E-state index contributed by atoms with van der Waals surface area (Å²) in [6.45, 7) is 0. The Morgan fingerprint density at radius 2 is 1.55 bits per heavy atom. The third-order valence-corrected chi connectivity index (χ3v) is 4.27. The van der Waals surface area contributed by atoms with Gasteiger partial charge in [0.25, 0.3) is 0 Å². The molecule has 3 aromatic carbocycles. The average molecular weight is 401 g/mol. The third-order valence-electron chi connectivity index (χ3n) is 4.03. The van der Waals surface area contributed by atoms with Gasteiger partial charge in [-0.05, 0) is 35.0 Å². The largest absolute Gasteiger partial charge is 0.507 e. The van der Waals surface area contributed by atoms with Crippen LogP contribution in [0.1, 0.15) is 11.1 Å². The van der Waals surface area contributed by atoms with E-state index in [1.54, 1.807) is 12.1 Å². The topological polar surface area (TPSA) is 113 Å². The fourth-order valence-electron chi connectivity index (χ4n) is 2.59. The maximum absolute atomic E-state index is 10.2. The fraction of sp³-hybridized carbons (Fsp3) is 0. The highest BCUT2D eigenvalue weighted by Gasteiger charge is 2.07. The second-order valence-electron chi connectivity index (χ2n) is 5.86. The Hall–Kier alpha value is -4.13. The Morgan fingerprint density at radius 3 is 2.24 bits per heavy atom. The molecule has 0 aromatic heterocycles. The van der Waals surface area contributed by atoms with Crippen LogP contribution in [0.4, 0.5) is 0 Å². The van der Waals surface area contributed by atoms with Crippen LogP contribution in [-0.2, 0) is 0 Å². The number of phenols is 2. The maximum atomic E-state index is 10.2. The van der Waals surface area contributed by atoms with Crippen molar-refractivity contribution in [3.05, 3.63) is 82.1 Å². The molecule has 7 heteroatoms. The first-order valence-corrected chi connectivity index (χ1v) is 8.73. The minimum absolute atomic E-state index is 0.00200. The highest BCUT2D eigenvalue weighted by atomic mass is 35.5. The molecule has 29 heavy (non-hydrogen) atoms. The van der Waals surface area contributed by atoms with Gasteiger partial charge in [-0.15, -0.1) is 0 Å². The van der Waals surface area contributed by atoms with Crippen molar-refractivity contribution in [1.29, 1.82) is 10.5 Å². The van der Waals surface area contributed by atoms with E-state index in [2.05, 4.69) is 9.98 Å². The number of allylic oxidation sites excluding steroid dienone is 2. The molecule has 6 nitrogen and oxygen atoms in total. The van der Waals surface area contributed by atoms with Gasteiger partial charge in [0.2, 0.25) is 0 Å². The quantitative estimate of drug-likeness (QED) is 0.488. The number of rotatable bonds is 4. The van der Waals surface area contributed by atoms with Crippen LogP contribution in [0.15, 0.2) is 76.0 Å². The van der Waals surface area contributed by atoms with Crippen LogP contribution in [0, 0.1) is 22.7 Å². The lowest BCUT2D eigenvalue weighted by atomic mass is 10.0. The minimum atomic E-state index is -0.238. The number of benzene rings is 3. The molecule has 3 aromatic rings. The van der Waals surface area contributed by atoms with Gasteiger partial charge in [-0.25, -0.2) is 9.98 Å². The lowest BCUT2D eigenvalue weighted by Gasteiger charge is -2.04. The van der Waals surface area contributed by atoms with E-state index in [4.69, 9.17) is 11.6 Å². The number of fused-ring (bicyclic) bond motifs is 1. The van der Waals surface area contributed by atoms with Gasteiger partial charge >= 0.3 is 0 Å². The number of hydrogen-bond acceptors (Lipinski definition) is 6. The van der Waals surface area contributed by atoms with Crippen LogP contribution >= 0.6 is 11.6 Å². The normalized spacial score (nSPS) is 12.1. The zero-order chi connectivity index (χ0) is 20.8. The predicted octanol–water partition coefficient (Wildman–Crippen LogP) is 4.70. The molecule has 0 fully saturated rings. The molecule has 0 unspecified atom stereocenters. The second-order valence-corrected chi connectivity index (χ2v) is 6.30. The molecule has 0 amide bonds. The molecule has 0 heterocycles. The number of phenolic OH excluding ortho intramolecular Hbond substituents is 2. The molecule has 0 saturated carbocycles. The van der Waals surface area contributed by atoms with Crippen molar-refractivity contribution in [2.24, 2.45) is 9.98 Å². The molecule has 0 aliphatic heterocycles. The van der Waals surface area contributed by atoms with Gasteiger partial charge in [0.1, 0.15) is 23.6 Å². The summed E-state index contributed by atoms with van der Waals surface area (Å²) < 4.78 is 0. The van der Waals surface area contributed by atoms with Crippen LogP contribution in [0.5, 0.6) is 11.5 Å². The number of nitrogens with zero attached hydrogens (tertiary/aromatic N) is 4. The molecule has 0 aliphatic carbocycles. The van der Waals surface area contributed by atoms with Crippen molar-refractivity contribution in [1.82, 2.24) is 0 Å². The molecular weight excluding hydrogens is 388 g/mol. The van der Waals surface area contributed by atoms with Crippen molar-refractivity contribution >= 4 is 34.8 Å². The van der Waals surface area contributed by atoms with Crippen molar-refractivity contribution in [3.63, 3.8) is 0 Å². The number of nitriles is 2. The average Bonchev–Trinajstić information content (AvgIpc) is 2.72. The van der Waals surface area contributed by atoms with Crippen LogP contribution in [0.3, 0.4) is 0 Å². The van der Waals surface area contributed by atoms with Crippen LogP contribution < -0.4 is 0 Å². The smallest absolute Gasteiger partial charge is 0.176 e. The first kappa shape index (κ1) is 19.6. The Bertz CT molecular complexity index is 1260. The van der Waals surface area contributed by atoms with E-state index in [0.717, 1.165) is 10.8 Å². The number of aliphatic imine (C=N–C) groups is 2. The molecule has 2 N–H and O–H groups in total. The van der Waals surface area contributed by atoms with Crippen LogP contribution in [0.2, 0.25) is 5.02 Å². The molecule has 0 saturated heterocycles. The fourth-order valence-corrected chi connectivity index (χ4v) is 2.76. The molecule has 0 radical (unpaired) electrons. The molecule has 0 bridgehead atoms. The Labute approximate surface area is 171 Å². The predicted molar refractivity (Wildman–Crippen MR) is 112 cm³/mol. The van der Waals surface area contributed by atoms with Crippen LogP contribution in [0.25, 0.3) is 10.8 Å². The lowest BCUT2D eigenvalue weighted by molar-refractivity contribution is 0.474. The summed E-state index contributed by atoms with van der Waals surface area (Å²) in [4.78, 5) is 8.02. The van der Waals surface area contributed by atoms with Gasteiger partial charge in [-0.2, -0.15) is 10.5 Å². The summed E-state index contributed by atoms with van der Waals surface area (Å²) in [7, 11) is 0. The molecule has 0 spiro atoms. The van der Waals surface area contributed by atoms with Gasteiger partial charge in [0.15, 0.2) is 11.4 Å². The van der Waals surface area contributed by atoms with E-state index in [-0.39, 0.29) is 22.9 Å². The first-order chi connectivity index (χ1) is 14.0. The van der Waals surface area contributed by atoms with Gasteiger partial charge < -0.3 is 10.2 Å². The second kappa shape index (κ2) is 8.71. The number of hydrogen-bond donors (Lipinski definition) is 2. The molecule has 0 atom stereocenters. The lowest BCUT2D eigenvalue weighted by Crippen LogP contribution is -1.90. The van der Waals surface area contributed by atoms with Crippen molar-refractivity contribution in [2.75, 3.05) is 0 Å². The van der Waals surface area contributed by atoms with Crippen LogP contribution in [-0.4, -0.2) is 22.6 Å². The summed E-state index contributed by atoms with van der Waals surface area (Å²) in [5.74, 6) is -0.112. The van der Waals surface area contributed by atoms with Gasteiger partial charge in [0, 0.05) is 28.6 Å². The Balaban J connectivity index is 2.00. The summed E-state index contributed by atoms with van der Waals surface area (Å²) in [5.41, 5.74) is 0.282. The van der Waals surface area contributed by atoms with Gasteiger partial charge in [-0.1, -0.05) is 41.9 Å². The highest BCUT2D eigenvalue weighted by molar-refractivity contribution is 6.30. The van der Waals surface area contributed by atoms with E-state index in [1.165, 1.54) is 30.6 Å². The Kier molecular flexibility index (Phi) is 5.89.